The van der Waals surface area contributed by atoms with E-state index in [9.17, 15) is 4.79 Å². The maximum Gasteiger partial charge on any atom is 0.276 e. The van der Waals surface area contributed by atoms with Gasteiger partial charge in [-0.3, -0.25) is 4.79 Å². The number of methoxy groups -OCH3 is 1. The fourth-order valence-corrected chi connectivity index (χ4v) is 3.67. The first-order valence-corrected chi connectivity index (χ1v) is 9.21. The van der Waals surface area contributed by atoms with Crippen molar-refractivity contribution in [3.63, 3.8) is 0 Å². The van der Waals surface area contributed by atoms with Crippen molar-refractivity contribution in [1.82, 2.24) is 10.1 Å². The number of carbonyl (C=O) groups excluding carboxylic acids is 1. The van der Waals surface area contributed by atoms with Crippen LogP contribution in [0.4, 0.5) is 0 Å². The summed E-state index contributed by atoms with van der Waals surface area (Å²) in [7, 11) is 1.60. The summed E-state index contributed by atoms with van der Waals surface area (Å²) in [4.78, 5) is 14.9. The number of rotatable bonds is 4. The van der Waals surface area contributed by atoms with Gasteiger partial charge in [0.1, 0.15) is 5.75 Å². The van der Waals surface area contributed by atoms with Crippen molar-refractivity contribution in [2.24, 2.45) is 0 Å². The van der Waals surface area contributed by atoms with Crippen LogP contribution in [0.3, 0.4) is 0 Å². The van der Waals surface area contributed by atoms with Crippen molar-refractivity contribution >= 4 is 17.5 Å². The number of hydrogen-bond acceptors (Lipinski definition) is 4. The van der Waals surface area contributed by atoms with Crippen LogP contribution < -0.4 is 4.74 Å². The van der Waals surface area contributed by atoms with E-state index in [-0.39, 0.29) is 11.9 Å². The molecular formula is C21H19ClN2O3. The van der Waals surface area contributed by atoms with Gasteiger partial charge in [0.15, 0.2) is 11.5 Å². The smallest absolute Gasteiger partial charge is 0.276 e. The molecule has 0 spiro atoms. The summed E-state index contributed by atoms with van der Waals surface area (Å²) in [5, 5.41) is 4.70. The topological polar surface area (TPSA) is 55.6 Å². The van der Waals surface area contributed by atoms with E-state index in [0.717, 1.165) is 24.0 Å². The molecule has 0 N–H and O–H groups in total. The molecule has 2 heterocycles. The lowest BCUT2D eigenvalue weighted by atomic mass is 10.0. The molecule has 4 rings (SSSR count). The summed E-state index contributed by atoms with van der Waals surface area (Å²) in [5.74, 6) is 1.06. The van der Waals surface area contributed by atoms with E-state index in [0.29, 0.717) is 28.8 Å². The van der Waals surface area contributed by atoms with E-state index < -0.39 is 0 Å². The lowest BCUT2D eigenvalue weighted by molar-refractivity contribution is 0.0725. The first-order valence-electron chi connectivity index (χ1n) is 8.84. The quantitative estimate of drug-likeness (QED) is 0.638. The van der Waals surface area contributed by atoms with Gasteiger partial charge in [0.2, 0.25) is 0 Å². The molecule has 1 aliphatic heterocycles. The highest BCUT2D eigenvalue weighted by atomic mass is 35.5. The number of hydrogen-bond donors (Lipinski definition) is 0. The zero-order valence-corrected chi connectivity index (χ0v) is 15.6. The Morgan fingerprint density at radius 3 is 2.78 bits per heavy atom. The van der Waals surface area contributed by atoms with Gasteiger partial charge in [-0.2, -0.15) is 0 Å². The van der Waals surface area contributed by atoms with Gasteiger partial charge in [-0.15, -0.1) is 0 Å². The van der Waals surface area contributed by atoms with Gasteiger partial charge in [-0.1, -0.05) is 41.0 Å². The molecule has 3 aromatic rings. The van der Waals surface area contributed by atoms with Crippen molar-refractivity contribution < 1.29 is 14.1 Å². The van der Waals surface area contributed by atoms with Crippen LogP contribution in [-0.2, 0) is 0 Å². The molecule has 27 heavy (non-hydrogen) atoms. The van der Waals surface area contributed by atoms with E-state index in [2.05, 4.69) is 5.16 Å². The second kappa shape index (κ2) is 7.45. The molecule has 1 amide bonds. The van der Waals surface area contributed by atoms with Crippen LogP contribution in [0.5, 0.6) is 5.75 Å². The summed E-state index contributed by atoms with van der Waals surface area (Å²) in [6, 6.07) is 16.9. The minimum absolute atomic E-state index is 0.0289. The maximum atomic E-state index is 13.0. The fourth-order valence-electron chi connectivity index (χ4n) is 3.54. The Hall–Kier alpha value is -2.79. The van der Waals surface area contributed by atoms with E-state index in [1.54, 1.807) is 13.2 Å². The maximum absolute atomic E-state index is 13.0. The van der Waals surface area contributed by atoms with Crippen molar-refractivity contribution in [1.29, 1.82) is 0 Å². The number of para-hydroxylation sites is 1. The van der Waals surface area contributed by atoms with Crippen LogP contribution in [-0.4, -0.2) is 29.6 Å². The number of amides is 1. The van der Waals surface area contributed by atoms with Crippen LogP contribution in [0.1, 0.15) is 34.9 Å². The molecule has 1 aromatic heterocycles. The molecule has 0 saturated carbocycles. The van der Waals surface area contributed by atoms with Crippen molar-refractivity contribution in [3.05, 3.63) is 70.9 Å². The van der Waals surface area contributed by atoms with E-state index in [1.807, 2.05) is 53.4 Å². The molecule has 2 aromatic carbocycles. The number of carbonyl (C=O) groups is 1. The van der Waals surface area contributed by atoms with Crippen molar-refractivity contribution in [2.75, 3.05) is 13.7 Å². The average molecular weight is 383 g/mol. The molecule has 138 valence electrons. The number of nitrogens with zero attached hydrogens (tertiary/aromatic N) is 2. The molecule has 1 atom stereocenters. The zero-order valence-electron chi connectivity index (χ0n) is 14.9. The summed E-state index contributed by atoms with van der Waals surface area (Å²) in [5.41, 5.74) is 2.15. The molecule has 0 aliphatic carbocycles. The lowest BCUT2D eigenvalue weighted by Crippen LogP contribution is -2.30. The highest BCUT2D eigenvalue weighted by Gasteiger charge is 2.32. The molecule has 0 radical (unpaired) electrons. The number of aromatic nitrogens is 1. The van der Waals surface area contributed by atoms with Gasteiger partial charge in [0, 0.05) is 17.6 Å². The Balaban J connectivity index is 1.59. The molecular weight excluding hydrogens is 364 g/mol. The predicted octanol–water partition coefficient (Wildman–Crippen LogP) is 4.98. The fraction of sp³-hybridized carbons (Fsp3) is 0.238. The third-order valence-corrected chi connectivity index (χ3v) is 5.12. The molecule has 1 fully saturated rings. The Bertz CT molecular complexity index is 952. The average Bonchev–Trinajstić information content (AvgIpc) is 3.38. The molecule has 6 heteroatoms. The monoisotopic (exact) mass is 382 g/mol. The Morgan fingerprint density at radius 2 is 2.00 bits per heavy atom. The first-order chi connectivity index (χ1) is 13.2. The lowest BCUT2D eigenvalue weighted by Gasteiger charge is -2.24. The van der Waals surface area contributed by atoms with E-state index in [1.165, 1.54) is 0 Å². The van der Waals surface area contributed by atoms with Gasteiger partial charge in [-0.05, 0) is 42.7 Å². The third-order valence-electron chi connectivity index (χ3n) is 4.87. The SMILES string of the molecule is COc1ccccc1-c1cc(C(=O)N2CCCC2c2ccc(Cl)cc2)no1. The van der Waals surface area contributed by atoms with Gasteiger partial charge in [0.05, 0.1) is 18.7 Å². The normalized spacial score (nSPS) is 16.5. The summed E-state index contributed by atoms with van der Waals surface area (Å²) in [6.07, 6.45) is 1.88. The molecule has 1 saturated heterocycles. The van der Waals surface area contributed by atoms with Crippen LogP contribution >= 0.6 is 11.6 Å². The Labute approximate surface area is 162 Å². The minimum Gasteiger partial charge on any atom is -0.496 e. The minimum atomic E-state index is -0.127. The van der Waals surface area contributed by atoms with Gasteiger partial charge < -0.3 is 14.2 Å². The van der Waals surface area contributed by atoms with Gasteiger partial charge in [0.25, 0.3) is 5.91 Å². The van der Waals surface area contributed by atoms with Crippen molar-refractivity contribution in [3.8, 4) is 17.1 Å². The van der Waals surface area contributed by atoms with Gasteiger partial charge >= 0.3 is 0 Å². The molecule has 1 aliphatic rings. The second-order valence-corrected chi connectivity index (χ2v) is 6.92. The highest BCUT2D eigenvalue weighted by Crippen LogP contribution is 2.35. The van der Waals surface area contributed by atoms with E-state index >= 15 is 0 Å². The summed E-state index contributed by atoms with van der Waals surface area (Å²) >= 11 is 5.99. The molecule has 1 unspecified atom stereocenters. The van der Waals surface area contributed by atoms with Crippen LogP contribution in [0.25, 0.3) is 11.3 Å². The number of halogens is 1. The van der Waals surface area contributed by atoms with Crippen molar-refractivity contribution in [2.45, 2.75) is 18.9 Å². The van der Waals surface area contributed by atoms with Crippen LogP contribution in [0.15, 0.2) is 59.1 Å². The Morgan fingerprint density at radius 1 is 1.22 bits per heavy atom. The van der Waals surface area contributed by atoms with E-state index in [4.69, 9.17) is 20.9 Å². The summed E-state index contributed by atoms with van der Waals surface area (Å²) < 4.78 is 10.8. The number of likely N-dealkylation sites (tertiary alicyclic amines) is 1. The number of ether oxygens (including phenoxy) is 1. The predicted molar refractivity (Wildman–Crippen MR) is 103 cm³/mol. The standard InChI is InChI=1S/C21H19ClN2O3/c1-26-19-7-3-2-5-16(19)20-13-17(23-27-20)21(25)24-12-4-6-18(24)14-8-10-15(22)11-9-14/h2-3,5,7-11,13,18H,4,6,12H2,1H3. The number of benzene rings is 2. The molecule has 0 bridgehead atoms. The highest BCUT2D eigenvalue weighted by molar-refractivity contribution is 6.30. The third kappa shape index (κ3) is 3.43. The van der Waals surface area contributed by atoms with Crippen LogP contribution in [0.2, 0.25) is 5.02 Å². The second-order valence-electron chi connectivity index (χ2n) is 6.48. The van der Waals surface area contributed by atoms with Crippen LogP contribution in [0, 0.1) is 0 Å². The summed E-state index contributed by atoms with van der Waals surface area (Å²) in [6.45, 7) is 0.697. The Kier molecular flexibility index (Phi) is 4.86. The van der Waals surface area contributed by atoms with Gasteiger partial charge in [-0.25, -0.2) is 0 Å². The largest absolute Gasteiger partial charge is 0.496 e. The molecule has 5 nitrogen and oxygen atoms in total. The zero-order chi connectivity index (χ0) is 18.8. The first kappa shape index (κ1) is 17.6.